The molecule has 4 rings (SSSR count). The number of aliphatic hydroxyl groups excluding tert-OH is 1. The molecule has 19 heavy (non-hydrogen) atoms. The number of hydrogen-bond acceptors (Lipinski definition) is 3. The lowest BCUT2D eigenvalue weighted by Gasteiger charge is -2.55. The van der Waals surface area contributed by atoms with E-state index in [0.29, 0.717) is 17.8 Å². The van der Waals surface area contributed by atoms with Crippen LogP contribution in [0.3, 0.4) is 0 Å². The molecule has 1 amide bonds. The van der Waals surface area contributed by atoms with Crippen molar-refractivity contribution in [2.45, 2.75) is 44.6 Å². The van der Waals surface area contributed by atoms with Gasteiger partial charge in [0.05, 0.1) is 6.54 Å². The van der Waals surface area contributed by atoms with Crippen molar-refractivity contribution in [1.82, 2.24) is 5.32 Å². The fourth-order valence-electron chi connectivity index (χ4n) is 4.85. The molecule has 4 aliphatic rings. The highest BCUT2D eigenvalue weighted by Crippen LogP contribution is 2.60. The maximum atomic E-state index is 12.4. The normalized spacial score (nSPS) is 41.0. The van der Waals surface area contributed by atoms with E-state index in [0.717, 1.165) is 19.3 Å². The molecule has 5 heteroatoms. The lowest BCUT2D eigenvalue weighted by atomic mass is 9.49. The zero-order valence-corrected chi connectivity index (χ0v) is 11.0. The largest absolute Gasteiger partial charge is 0.479 e. The SMILES string of the molecule is O=C(O)[C@@H](O)CNC(=O)C12CC3CC(CC(C3)C1)C2. The minimum absolute atomic E-state index is 0.0353. The van der Waals surface area contributed by atoms with Crippen molar-refractivity contribution >= 4 is 11.9 Å². The summed E-state index contributed by atoms with van der Waals surface area (Å²) in [5.41, 5.74) is -0.271. The van der Waals surface area contributed by atoms with Crippen LogP contribution in [0.4, 0.5) is 0 Å². The molecule has 0 radical (unpaired) electrons. The van der Waals surface area contributed by atoms with Gasteiger partial charge in [0.15, 0.2) is 6.10 Å². The van der Waals surface area contributed by atoms with Crippen LogP contribution < -0.4 is 5.32 Å². The number of aliphatic carboxylic acids is 1. The molecule has 0 heterocycles. The third-order valence-corrected chi connectivity index (χ3v) is 5.26. The minimum Gasteiger partial charge on any atom is -0.479 e. The second-order valence-corrected chi connectivity index (χ2v) is 6.76. The number of amides is 1. The lowest BCUT2D eigenvalue weighted by Crippen LogP contribution is -2.54. The topological polar surface area (TPSA) is 86.6 Å². The number of nitrogens with one attached hydrogen (secondary N) is 1. The molecule has 0 unspecified atom stereocenters. The summed E-state index contributed by atoms with van der Waals surface area (Å²) < 4.78 is 0. The van der Waals surface area contributed by atoms with E-state index < -0.39 is 12.1 Å². The lowest BCUT2D eigenvalue weighted by molar-refractivity contribution is -0.149. The van der Waals surface area contributed by atoms with Gasteiger partial charge >= 0.3 is 5.97 Å². The van der Waals surface area contributed by atoms with E-state index in [9.17, 15) is 14.7 Å². The first-order chi connectivity index (χ1) is 8.98. The molecule has 5 nitrogen and oxygen atoms in total. The van der Waals surface area contributed by atoms with Crippen molar-refractivity contribution in [3.05, 3.63) is 0 Å². The van der Waals surface area contributed by atoms with Crippen molar-refractivity contribution in [2.24, 2.45) is 23.2 Å². The number of hydrogen-bond donors (Lipinski definition) is 3. The monoisotopic (exact) mass is 267 g/mol. The maximum absolute atomic E-state index is 12.4. The fraction of sp³-hybridized carbons (Fsp3) is 0.857. The summed E-state index contributed by atoms with van der Waals surface area (Å²) in [5, 5.41) is 20.5. The van der Waals surface area contributed by atoms with Gasteiger partial charge in [-0.25, -0.2) is 4.79 Å². The van der Waals surface area contributed by atoms with Crippen LogP contribution in [0.25, 0.3) is 0 Å². The van der Waals surface area contributed by atoms with Crippen LogP contribution in [-0.2, 0) is 9.59 Å². The molecule has 3 N–H and O–H groups in total. The first kappa shape index (κ1) is 12.9. The summed E-state index contributed by atoms with van der Waals surface area (Å²) in [4.78, 5) is 23.0. The second-order valence-electron chi connectivity index (χ2n) is 6.76. The molecular formula is C14H21NO4. The van der Waals surface area contributed by atoms with Gasteiger partial charge in [-0.3, -0.25) is 4.79 Å². The fourth-order valence-corrected chi connectivity index (χ4v) is 4.85. The standard InChI is InChI=1S/C14H21NO4/c16-11(12(17)18)7-15-13(19)14-4-8-1-9(5-14)3-10(2-8)6-14/h8-11,16H,1-7H2,(H,15,19)(H,17,18)/t8?,9?,10?,11-,14?/m0/s1. The maximum Gasteiger partial charge on any atom is 0.334 e. The summed E-state index contributed by atoms with van der Waals surface area (Å²) in [6, 6.07) is 0. The average molecular weight is 267 g/mol. The highest BCUT2D eigenvalue weighted by Gasteiger charge is 2.54. The third-order valence-electron chi connectivity index (χ3n) is 5.26. The van der Waals surface area contributed by atoms with Gasteiger partial charge in [0.25, 0.3) is 0 Å². The Balaban J connectivity index is 1.65. The van der Waals surface area contributed by atoms with Gasteiger partial charge in [0.1, 0.15) is 0 Å². The highest BCUT2D eigenvalue weighted by molar-refractivity contribution is 5.84. The van der Waals surface area contributed by atoms with Gasteiger partial charge in [-0.15, -0.1) is 0 Å². The summed E-state index contributed by atoms with van der Waals surface area (Å²) in [6.07, 6.45) is 5.16. The molecule has 106 valence electrons. The number of carbonyl (C=O) groups excluding carboxylic acids is 1. The summed E-state index contributed by atoms with van der Waals surface area (Å²) in [5.74, 6) is 0.724. The van der Waals surface area contributed by atoms with Crippen LogP contribution in [0.15, 0.2) is 0 Å². The van der Waals surface area contributed by atoms with Crippen LogP contribution in [0.1, 0.15) is 38.5 Å². The van der Waals surface area contributed by atoms with Crippen molar-refractivity contribution in [3.63, 3.8) is 0 Å². The van der Waals surface area contributed by atoms with E-state index in [1.165, 1.54) is 19.3 Å². The van der Waals surface area contributed by atoms with Crippen molar-refractivity contribution in [2.75, 3.05) is 6.54 Å². The van der Waals surface area contributed by atoms with E-state index in [1.807, 2.05) is 0 Å². The molecule has 0 aromatic rings. The van der Waals surface area contributed by atoms with Crippen molar-refractivity contribution < 1.29 is 19.8 Å². The van der Waals surface area contributed by atoms with E-state index >= 15 is 0 Å². The third kappa shape index (κ3) is 2.24. The van der Waals surface area contributed by atoms with Crippen molar-refractivity contribution in [1.29, 1.82) is 0 Å². The molecule has 0 aliphatic heterocycles. The number of carboxylic acid groups (broad SMARTS) is 1. The molecular weight excluding hydrogens is 246 g/mol. The van der Waals surface area contributed by atoms with E-state index in [4.69, 9.17) is 5.11 Å². The molecule has 4 aliphatic carbocycles. The summed E-state index contributed by atoms with van der Waals surface area (Å²) in [6.45, 7) is -0.185. The summed E-state index contributed by atoms with van der Waals surface area (Å²) >= 11 is 0. The Morgan fingerprint density at radius 1 is 1.11 bits per heavy atom. The van der Waals surface area contributed by atoms with Crippen LogP contribution in [0.2, 0.25) is 0 Å². The van der Waals surface area contributed by atoms with Gasteiger partial charge in [-0.2, -0.15) is 0 Å². The molecule has 0 aromatic heterocycles. The van der Waals surface area contributed by atoms with Gasteiger partial charge in [-0.05, 0) is 56.3 Å². The number of rotatable bonds is 4. The minimum atomic E-state index is -1.50. The first-order valence-corrected chi connectivity index (χ1v) is 7.18. The molecule has 4 saturated carbocycles. The Morgan fingerprint density at radius 2 is 1.58 bits per heavy atom. The molecule has 0 saturated heterocycles. The van der Waals surface area contributed by atoms with Crippen LogP contribution in [0.5, 0.6) is 0 Å². The molecule has 4 bridgehead atoms. The van der Waals surface area contributed by atoms with E-state index in [1.54, 1.807) is 0 Å². The van der Waals surface area contributed by atoms with Gasteiger partial charge in [0.2, 0.25) is 5.91 Å². The Kier molecular flexibility index (Phi) is 3.04. The number of aliphatic hydroxyl groups is 1. The van der Waals surface area contributed by atoms with Crippen LogP contribution >= 0.6 is 0 Å². The van der Waals surface area contributed by atoms with E-state index in [2.05, 4.69) is 5.32 Å². The number of carboxylic acids is 1. The predicted octanol–water partition coefficient (Wildman–Crippen LogP) is 0.764. The van der Waals surface area contributed by atoms with Gasteiger partial charge in [-0.1, -0.05) is 0 Å². The second kappa shape index (κ2) is 4.47. The number of carbonyl (C=O) groups is 2. The van der Waals surface area contributed by atoms with Crippen LogP contribution in [0, 0.1) is 23.2 Å². The zero-order chi connectivity index (χ0) is 13.6. The van der Waals surface area contributed by atoms with Crippen molar-refractivity contribution in [3.8, 4) is 0 Å². The average Bonchev–Trinajstić information content (AvgIpc) is 2.33. The Bertz CT molecular complexity index is 371. The first-order valence-electron chi connectivity index (χ1n) is 7.18. The summed E-state index contributed by atoms with van der Waals surface area (Å²) in [7, 11) is 0. The van der Waals surface area contributed by atoms with E-state index in [-0.39, 0.29) is 17.9 Å². The molecule has 0 spiro atoms. The molecule has 1 atom stereocenters. The predicted molar refractivity (Wildman–Crippen MR) is 67.3 cm³/mol. The van der Waals surface area contributed by atoms with Gasteiger partial charge < -0.3 is 15.5 Å². The smallest absolute Gasteiger partial charge is 0.334 e. The molecule has 4 fully saturated rings. The van der Waals surface area contributed by atoms with Crippen LogP contribution in [-0.4, -0.2) is 34.7 Å². The Hall–Kier alpha value is -1.10. The Morgan fingerprint density at radius 3 is 2.00 bits per heavy atom. The molecule has 0 aromatic carbocycles. The highest BCUT2D eigenvalue weighted by atomic mass is 16.4. The zero-order valence-electron chi connectivity index (χ0n) is 11.0. The Labute approximate surface area is 112 Å². The van der Waals surface area contributed by atoms with Gasteiger partial charge in [0, 0.05) is 5.41 Å². The quantitative estimate of drug-likeness (QED) is 0.702.